The summed E-state index contributed by atoms with van der Waals surface area (Å²) in [5, 5.41) is 4.77. The predicted molar refractivity (Wildman–Crippen MR) is 66.8 cm³/mol. The Morgan fingerprint density at radius 1 is 1.41 bits per heavy atom. The molecule has 17 heavy (non-hydrogen) atoms. The number of thiazole rings is 1. The highest BCUT2D eigenvalue weighted by molar-refractivity contribution is 7.07. The first kappa shape index (κ1) is 11.5. The van der Waals surface area contributed by atoms with Crippen LogP contribution >= 0.6 is 11.3 Å². The smallest absolute Gasteiger partial charge is 0.252 e. The molecule has 2 heterocycles. The fourth-order valence-corrected chi connectivity index (χ4v) is 1.90. The normalized spacial score (nSPS) is 10.1. The van der Waals surface area contributed by atoms with Crippen LogP contribution in [-0.2, 0) is 6.42 Å². The molecule has 0 radical (unpaired) electrons. The van der Waals surface area contributed by atoms with Gasteiger partial charge in [-0.25, -0.2) is 9.97 Å². The van der Waals surface area contributed by atoms with Gasteiger partial charge in [0.15, 0.2) is 0 Å². The monoisotopic (exact) mass is 248 g/mol. The molecule has 0 bridgehead atoms. The lowest BCUT2D eigenvalue weighted by Crippen LogP contribution is -2.25. The van der Waals surface area contributed by atoms with Gasteiger partial charge >= 0.3 is 0 Å². The van der Waals surface area contributed by atoms with Crippen LogP contribution in [0.25, 0.3) is 0 Å². The third-order valence-corrected chi connectivity index (χ3v) is 2.83. The zero-order valence-corrected chi connectivity index (χ0v) is 9.91. The van der Waals surface area contributed by atoms with E-state index in [1.165, 1.54) is 6.20 Å². The minimum atomic E-state index is -0.146. The highest BCUT2D eigenvalue weighted by Gasteiger charge is 2.05. The van der Waals surface area contributed by atoms with E-state index in [-0.39, 0.29) is 5.91 Å². The number of nitrogens with zero attached hydrogens (tertiary/aromatic N) is 2. The maximum atomic E-state index is 11.7. The second-order valence-corrected chi connectivity index (χ2v) is 4.18. The average molecular weight is 248 g/mol. The number of nitrogens with two attached hydrogens (primary N) is 1. The Morgan fingerprint density at radius 3 is 2.94 bits per heavy atom. The maximum Gasteiger partial charge on any atom is 0.252 e. The lowest BCUT2D eigenvalue weighted by molar-refractivity contribution is 0.0954. The highest BCUT2D eigenvalue weighted by atomic mass is 32.1. The molecule has 0 aliphatic rings. The van der Waals surface area contributed by atoms with Crippen LogP contribution in [0.15, 0.2) is 29.2 Å². The minimum Gasteiger partial charge on any atom is -0.384 e. The van der Waals surface area contributed by atoms with Crippen molar-refractivity contribution in [1.82, 2.24) is 15.3 Å². The van der Waals surface area contributed by atoms with Crippen molar-refractivity contribution in [3.05, 3.63) is 40.5 Å². The zero-order chi connectivity index (χ0) is 12.1. The molecule has 0 spiro atoms. The molecule has 6 heteroatoms. The van der Waals surface area contributed by atoms with Crippen molar-refractivity contribution in [1.29, 1.82) is 0 Å². The van der Waals surface area contributed by atoms with Crippen LogP contribution in [0.3, 0.4) is 0 Å². The summed E-state index contributed by atoms with van der Waals surface area (Å²) >= 11 is 1.55. The SMILES string of the molecule is Nc1ccc(C(=O)NCCc2cscn2)cn1. The number of nitrogens with one attached hydrogen (secondary N) is 1. The number of carbonyl (C=O) groups excluding carboxylic acids is 1. The van der Waals surface area contributed by atoms with Crippen molar-refractivity contribution in [3.63, 3.8) is 0 Å². The lowest BCUT2D eigenvalue weighted by atomic mass is 10.2. The van der Waals surface area contributed by atoms with Crippen molar-refractivity contribution in [2.45, 2.75) is 6.42 Å². The van der Waals surface area contributed by atoms with Gasteiger partial charge in [-0.3, -0.25) is 4.79 Å². The van der Waals surface area contributed by atoms with E-state index in [2.05, 4.69) is 15.3 Å². The molecule has 0 aromatic carbocycles. The Morgan fingerprint density at radius 2 is 2.29 bits per heavy atom. The number of pyridine rings is 1. The first-order valence-corrected chi connectivity index (χ1v) is 6.07. The van der Waals surface area contributed by atoms with Gasteiger partial charge in [0.1, 0.15) is 5.82 Å². The third-order valence-electron chi connectivity index (χ3n) is 2.20. The van der Waals surface area contributed by atoms with Crippen LogP contribution in [-0.4, -0.2) is 22.4 Å². The van der Waals surface area contributed by atoms with E-state index < -0.39 is 0 Å². The summed E-state index contributed by atoms with van der Waals surface area (Å²) in [6.45, 7) is 0.562. The molecule has 0 unspecified atom stereocenters. The Labute approximate surface area is 103 Å². The van der Waals surface area contributed by atoms with E-state index in [0.717, 1.165) is 12.1 Å². The fourth-order valence-electron chi connectivity index (χ4n) is 1.31. The summed E-state index contributed by atoms with van der Waals surface area (Å²) < 4.78 is 0. The number of rotatable bonds is 4. The van der Waals surface area contributed by atoms with Crippen LogP contribution < -0.4 is 11.1 Å². The second kappa shape index (κ2) is 5.40. The van der Waals surface area contributed by atoms with Gasteiger partial charge in [-0.15, -0.1) is 11.3 Å². The van der Waals surface area contributed by atoms with E-state index in [9.17, 15) is 4.79 Å². The van der Waals surface area contributed by atoms with E-state index in [1.807, 2.05) is 5.38 Å². The van der Waals surface area contributed by atoms with E-state index >= 15 is 0 Å². The predicted octanol–water partition coefficient (Wildman–Crippen LogP) is 1.09. The van der Waals surface area contributed by atoms with Gasteiger partial charge in [-0.05, 0) is 12.1 Å². The summed E-state index contributed by atoms with van der Waals surface area (Å²) in [5.74, 6) is 0.261. The lowest BCUT2D eigenvalue weighted by Gasteiger charge is -2.03. The number of nitrogen functional groups attached to an aromatic ring is 1. The maximum absolute atomic E-state index is 11.7. The van der Waals surface area contributed by atoms with E-state index in [4.69, 9.17) is 5.73 Å². The minimum absolute atomic E-state index is 0.146. The van der Waals surface area contributed by atoms with E-state index in [1.54, 1.807) is 29.0 Å². The van der Waals surface area contributed by atoms with Crippen LogP contribution in [0.2, 0.25) is 0 Å². The molecule has 0 saturated heterocycles. The second-order valence-electron chi connectivity index (χ2n) is 3.46. The molecular formula is C11H12N4OS. The van der Waals surface area contributed by atoms with Crippen molar-refractivity contribution < 1.29 is 4.79 Å². The number of hydrogen-bond acceptors (Lipinski definition) is 5. The molecule has 0 fully saturated rings. The van der Waals surface area contributed by atoms with Gasteiger partial charge in [0.25, 0.3) is 5.91 Å². The number of hydrogen-bond donors (Lipinski definition) is 2. The van der Waals surface area contributed by atoms with Crippen molar-refractivity contribution in [2.75, 3.05) is 12.3 Å². The average Bonchev–Trinajstić information content (AvgIpc) is 2.83. The van der Waals surface area contributed by atoms with Crippen LogP contribution in [0, 0.1) is 0 Å². The standard InChI is InChI=1S/C11H12N4OS/c12-10-2-1-8(5-14-10)11(16)13-4-3-9-6-17-7-15-9/h1-2,5-7H,3-4H2,(H2,12,14)(H,13,16). The summed E-state index contributed by atoms with van der Waals surface area (Å²) in [7, 11) is 0. The summed E-state index contributed by atoms with van der Waals surface area (Å²) in [5.41, 5.74) is 8.72. The molecule has 2 aromatic rings. The number of amides is 1. The molecule has 1 amide bonds. The Balaban J connectivity index is 1.83. The number of anilines is 1. The van der Waals surface area contributed by atoms with Crippen molar-refractivity contribution in [2.24, 2.45) is 0 Å². The number of aromatic nitrogens is 2. The van der Waals surface area contributed by atoms with Crippen LogP contribution in [0.4, 0.5) is 5.82 Å². The number of carbonyl (C=O) groups is 1. The summed E-state index contributed by atoms with van der Waals surface area (Å²) in [6, 6.07) is 3.26. The van der Waals surface area contributed by atoms with Gasteiger partial charge in [-0.1, -0.05) is 0 Å². The largest absolute Gasteiger partial charge is 0.384 e. The molecule has 0 aliphatic carbocycles. The molecule has 0 atom stereocenters. The molecular weight excluding hydrogens is 236 g/mol. The first-order chi connectivity index (χ1) is 8.25. The molecule has 0 aliphatic heterocycles. The summed E-state index contributed by atoms with van der Waals surface area (Å²) in [6.07, 6.45) is 2.20. The van der Waals surface area contributed by atoms with Gasteiger partial charge in [0.2, 0.25) is 0 Å². The molecule has 88 valence electrons. The molecule has 0 saturated carbocycles. The van der Waals surface area contributed by atoms with Crippen molar-refractivity contribution >= 4 is 23.1 Å². The quantitative estimate of drug-likeness (QED) is 0.848. The zero-order valence-electron chi connectivity index (χ0n) is 9.09. The van der Waals surface area contributed by atoms with Crippen LogP contribution in [0.5, 0.6) is 0 Å². The van der Waals surface area contributed by atoms with Gasteiger partial charge in [-0.2, -0.15) is 0 Å². The third kappa shape index (κ3) is 3.25. The molecule has 2 aromatic heterocycles. The molecule has 5 nitrogen and oxygen atoms in total. The highest BCUT2D eigenvalue weighted by Crippen LogP contribution is 2.02. The van der Waals surface area contributed by atoms with E-state index in [0.29, 0.717) is 17.9 Å². The van der Waals surface area contributed by atoms with Crippen molar-refractivity contribution in [3.8, 4) is 0 Å². The molecule has 3 N–H and O–H groups in total. The Kier molecular flexibility index (Phi) is 3.66. The van der Waals surface area contributed by atoms with Crippen LogP contribution in [0.1, 0.15) is 16.1 Å². The van der Waals surface area contributed by atoms with Gasteiger partial charge in [0.05, 0.1) is 16.8 Å². The summed E-state index contributed by atoms with van der Waals surface area (Å²) in [4.78, 5) is 19.7. The molecule has 2 rings (SSSR count). The fraction of sp³-hybridized carbons (Fsp3) is 0.182. The first-order valence-electron chi connectivity index (χ1n) is 5.12. The topological polar surface area (TPSA) is 80.9 Å². The Hall–Kier alpha value is -1.95. The Bertz CT molecular complexity index is 481. The van der Waals surface area contributed by atoms with Gasteiger partial charge in [0, 0.05) is 24.5 Å². The van der Waals surface area contributed by atoms with Gasteiger partial charge < -0.3 is 11.1 Å².